The normalized spacial score (nSPS) is 21.2. The van der Waals surface area contributed by atoms with Crippen molar-refractivity contribution in [1.82, 2.24) is 51.1 Å². The lowest BCUT2D eigenvalue weighted by atomic mass is 10.0. The molecule has 17 amide bonds. The second-order valence-corrected chi connectivity index (χ2v) is 38.8. The van der Waals surface area contributed by atoms with Crippen molar-refractivity contribution in [3.05, 3.63) is 147 Å². The van der Waals surface area contributed by atoms with Crippen LogP contribution in [0.15, 0.2) is 101 Å². The molecule has 0 spiro atoms. The number of hydrogen-bond acceptors (Lipinski definition) is 22. The number of ether oxygens (including phenoxy) is 1. The summed E-state index contributed by atoms with van der Waals surface area (Å²) in [6.45, 7) is 31.9. The van der Waals surface area contributed by atoms with E-state index < -0.39 is 71.6 Å². The monoisotopic (exact) mass is 1640 g/mol. The first kappa shape index (κ1) is 86.4. The second-order valence-electron chi connectivity index (χ2n) is 35.0. The first-order chi connectivity index (χ1) is 54.6. The zero-order chi connectivity index (χ0) is 85.6. The van der Waals surface area contributed by atoms with Crippen molar-refractivity contribution in [3.63, 3.8) is 0 Å². The molecular weight excluding hydrogens is 1540 g/mol. The van der Waals surface area contributed by atoms with Gasteiger partial charge in [-0.2, -0.15) is 0 Å². The number of fused-ring (bicyclic) bond motifs is 5. The molecule has 30 nitrogen and oxygen atoms in total. The van der Waals surface area contributed by atoms with Crippen LogP contribution in [0.3, 0.4) is 0 Å². The van der Waals surface area contributed by atoms with Gasteiger partial charge in [0.15, 0.2) is 0 Å². The molecule has 7 N–H and O–H groups in total. The molecule has 0 aromatic heterocycles. The molecule has 10 heterocycles. The largest absolute Gasteiger partial charge is 0.488 e. The number of nitrogens with one attached hydrogen (secondary N) is 7. The fourth-order valence-corrected chi connectivity index (χ4v) is 16.9. The van der Waals surface area contributed by atoms with Gasteiger partial charge in [-0.15, -0.1) is 23.5 Å². The lowest BCUT2D eigenvalue weighted by Gasteiger charge is -2.29. The summed E-state index contributed by atoms with van der Waals surface area (Å²) < 4.78 is 5.90. The van der Waals surface area contributed by atoms with Crippen molar-refractivity contribution in [2.24, 2.45) is 0 Å². The number of carbonyl (C=O) groups is 17. The van der Waals surface area contributed by atoms with E-state index in [2.05, 4.69) is 99.5 Å². The lowest BCUT2D eigenvalue weighted by Crippen LogP contribution is -2.54. The van der Waals surface area contributed by atoms with Crippen LogP contribution in [-0.2, 0) is 67.6 Å². The molecule has 10 aliphatic heterocycles. The summed E-state index contributed by atoms with van der Waals surface area (Å²) in [5, 5.41) is 17.9. The van der Waals surface area contributed by atoms with Crippen LogP contribution in [0.4, 0.5) is 11.4 Å². The number of imide groups is 7. The van der Waals surface area contributed by atoms with E-state index in [4.69, 9.17) is 4.74 Å². The van der Waals surface area contributed by atoms with Crippen LogP contribution in [0.1, 0.15) is 257 Å². The Labute approximate surface area is 685 Å². The number of thioether (sulfide) groups is 2. The summed E-state index contributed by atoms with van der Waals surface area (Å²) >= 11 is 3.35. The number of hydrogen-bond donors (Lipinski definition) is 7. The van der Waals surface area contributed by atoms with Gasteiger partial charge >= 0.3 is 0 Å². The summed E-state index contributed by atoms with van der Waals surface area (Å²) in [5.41, 5.74) is 6.89. The maximum atomic E-state index is 12.7. The molecule has 117 heavy (non-hydrogen) atoms. The van der Waals surface area contributed by atoms with E-state index in [1.807, 2.05) is 84.0 Å². The summed E-state index contributed by atoms with van der Waals surface area (Å²) in [7, 11) is 0. The number of carbonyl (C=O) groups excluding carboxylic acids is 17. The molecule has 32 heteroatoms. The van der Waals surface area contributed by atoms with Crippen molar-refractivity contribution in [1.29, 1.82) is 0 Å². The first-order valence-corrected chi connectivity index (χ1v) is 40.4. The van der Waals surface area contributed by atoms with Gasteiger partial charge < -0.3 is 30.1 Å². The first-order valence-electron chi connectivity index (χ1n) is 38.8. The molecule has 5 unspecified atom stereocenters. The highest BCUT2D eigenvalue weighted by Gasteiger charge is 2.48. The molecule has 15 rings (SSSR count). The maximum absolute atomic E-state index is 12.7. The quantitative estimate of drug-likeness (QED) is 0.0506. The molecule has 0 radical (unpaired) electrons. The molecule has 5 fully saturated rings. The third-order valence-electron chi connectivity index (χ3n) is 19.7. The van der Waals surface area contributed by atoms with Gasteiger partial charge in [-0.05, 0) is 202 Å². The van der Waals surface area contributed by atoms with Gasteiger partial charge in [0.2, 0.25) is 59.1 Å². The van der Waals surface area contributed by atoms with E-state index in [0.29, 0.717) is 72.5 Å². The minimum absolute atomic E-state index is 0.0246. The van der Waals surface area contributed by atoms with Crippen LogP contribution in [0.25, 0.3) is 0 Å². The molecule has 0 bridgehead atoms. The number of anilines is 2. The predicted octanol–water partition coefficient (Wildman–Crippen LogP) is 8.90. The number of rotatable bonds is 10. The Balaban J connectivity index is 0.000000144. The third kappa shape index (κ3) is 20.5. The van der Waals surface area contributed by atoms with E-state index >= 15 is 0 Å². The topological polar surface area (TPSA) is 400 Å². The van der Waals surface area contributed by atoms with Crippen molar-refractivity contribution < 1.29 is 86.2 Å². The summed E-state index contributed by atoms with van der Waals surface area (Å²) in [6, 6.07) is 23.4. The molecule has 10 aliphatic rings. The Morgan fingerprint density at radius 3 is 0.957 bits per heavy atom. The van der Waals surface area contributed by atoms with Crippen molar-refractivity contribution in [2.75, 3.05) is 10.6 Å². The Kier molecular flexibility index (Phi) is 24.9. The Morgan fingerprint density at radius 2 is 0.607 bits per heavy atom. The Bertz CT molecular complexity index is 4630. The highest BCUT2D eigenvalue weighted by Crippen LogP contribution is 2.40. The minimum Gasteiger partial charge on any atom is -0.488 e. The smallest absolute Gasteiger partial charge is 0.262 e. The van der Waals surface area contributed by atoms with E-state index in [-0.39, 0.29) is 141 Å². The fourth-order valence-electron chi connectivity index (χ4n) is 14.9. The van der Waals surface area contributed by atoms with E-state index in [1.165, 1.54) is 4.90 Å². The number of amides is 17. The van der Waals surface area contributed by atoms with Crippen LogP contribution >= 0.6 is 23.5 Å². The van der Waals surface area contributed by atoms with Crippen LogP contribution in [-0.4, -0.2) is 181 Å². The molecule has 0 aliphatic carbocycles. The van der Waals surface area contributed by atoms with Crippen LogP contribution in [0.2, 0.25) is 0 Å². The average Bonchev–Trinajstić information content (AvgIpc) is 1.64. The van der Waals surface area contributed by atoms with Crippen LogP contribution in [0, 0.1) is 0 Å². The number of benzene rings is 5. The fraction of sp³-hybridized carbons (Fsp3) is 0.447. The number of nitrogens with zero attached hydrogens (tertiary/aromatic N) is 5. The van der Waals surface area contributed by atoms with E-state index in [1.54, 1.807) is 81.9 Å². The Hall–Kier alpha value is -11.4. The molecule has 5 atom stereocenters. The highest BCUT2D eigenvalue weighted by atomic mass is 32.2. The van der Waals surface area contributed by atoms with Crippen molar-refractivity contribution >= 4 is 135 Å². The van der Waals surface area contributed by atoms with Gasteiger partial charge in [-0.3, -0.25) is 118 Å². The van der Waals surface area contributed by atoms with Gasteiger partial charge in [0.05, 0.1) is 22.3 Å². The molecule has 0 saturated carbocycles. The van der Waals surface area contributed by atoms with Gasteiger partial charge in [-0.1, -0.05) is 41.5 Å². The van der Waals surface area contributed by atoms with Gasteiger partial charge in [0.1, 0.15) is 41.6 Å². The lowest BCUT2D eigenvalue weighted by molar-refractivity contribution is -0.138. The molecule has 5 aromatic carbocycles. The molecule has 5 aromatic rings. The van der Waals surface area contributed by atoms with Gasteiger partial charge in [-0.25, -0.2) is 0 Å². The van der Waals surface area contributed by atoms with Crippen LogP contribution < -0.4 is 42.0 Å². The third-order valence-corrected chi connectivity index (χ3v) is 21.9. The molecule has 5 saturated heterocycles. The van der Waals surface area contributed by atoms with Crippen molar-refractivity contribution in [2.45, 2.75) is 254 Å². The maximum Gasteiger partial charge on any atom is 0.262 e. The standard InChI is InChI=1S/C17H19N3O4.C17H21N3O3.C17H18N2O4S.C17H20N2O4.C17H20N2O3S/c1-17(2,3)19-9-4-5-10-11(8-9)16(24)20(15(10)23)12-6-7-13(21)18-14(12)22;1-17(2,3)19-11-4-5-12-10(8-11)9-20(16(12)23)13-6-7-14(21)18-15(13)22;1-17(2,3)24-9-4-5-10-11(8-9)16(23)19(15(10)22)12-6-7-13(20)18-14(12)21;2*1-17(2,3)23-11-4-5-12-10(8-11)9-19(16(12)22)13-6-7-14(20)18-15(13)21/h4-5,8,12,19H,6-7H2,1-3H3,(H,18,21,22);4-5,8,13,19H,6-7,9H2,1-3H3,(H,18,21,22);4-5,8,12H,6-7H2,1-3H3,(H,18,20,21);2*4-5,8,13H,6-7,9H2,1-3H3,(H,18,20,21). The minimum atomic E-state index is -0.936. The number of piperidine rings is 5. The van der Waals surface area contributed by atoms with Crippen LogP contribution in [0.5, 0.6) is 5.75 Å². The summed E-state index contributed by atoms with van der Waals surface area (Å²) in [5.74, 6) is -5.59. The zero-order valence-electron chi connectivity index (χ0n) is 68.1. The SMILES string of the molecule is CC(C)(C)Nc1ccc2c(c1)C(=O)N(C1CCC(=O)NC1=O)C2=O.CC(C)(C)Nc1ccc2c(c1)CN(C1CCC(=O)NC1=O)C2=O.CC(C)(C)Oc1ccc2c(c1)CN(C1CCC(=O)NC1=O)C2=O.CC(C)(C)Sc1ccc2c(c1)C(=O)N(C1CCC(=O)NC1=O)C2=O.CC(C)(C)Sc1ccc2c(c1)CN(C1CCC(=O)NC1=O)C2=O. The summed E-state index contributed by atoms with van der Waals surface area (Å²) in [6.07, 6.45) is 2.52. The van der Waals surface area contributed by atoms with Gasteiger partial charge in [0, 0.05) is 110 Å². The van der Waals surface area contributed by atoms with Crippen molar-refractivity contribution in [3.8, 4) is 5.75 Å². The van der Waals surface area contributed by atoms with E-state index in [9.17, 15) is 81.5 Å². The summed E-state index contributed by atoms with van der Waals surface area (Å²) in [4.78, 5) is 213. The van der Waals surface area contributed by atoms with Gasteiger partial charge in [0.25, 0.3) is 41.4 Å². The predicted molar refractivity (Wildman–Crippen MR) is 432 cm³/mol. The van der Waals surface area contributed by atoms with E-state index in [0.717, 1.165) is 47.7 Å². The highest BCUT2D eigenvalue weighted by molar-refractivity contribution is 8.00. The molecule has 618 valence electrons. The zero-order valence-corrected chi connectivity index (χ0v) is 69.8. The molecular formula is C85H98N12O18S2. The Morgan fingerprint density at radius 1 is 0.316 bits per heavy atom. The second kappa shape index (κ2) is 33.7. The average molecular weight is 1640 g/mol.